The van der Waals surface area contributed by atoms with Crippen molar-refractivity contribution in [3.63, 3.8) is 0 Å². The first kappa shape index (κ1) is 18.0. The van der Waals surface area contributed by atoms with Crippen LogP contribution in [0, 0.1) is 5.82 Å². The number of anilines is 2. The molecule has 0 saturated carbocycles. The highest BCUT2D eigenvalue weighted by molar-refractivity contribution is 5.90. The zero-order chi connectivity index (χ0) is 18.0. The number of nitrogens with zero attached hydrogens (tertiary/aromatic N) is 3. The van der Waals surface area contributed by atoms with Gasteiger partial charge in [-0.2, -0.15) is 0 Å². The Bertz CT molecular complexity index is 617. The summed E-state index contributed by atoms with van der Waals surface area (Å²) >= 11 is 0. The van der Waals surface area contributed by atoms with Crippen molar-refractivity contribution < 1.29 is 9.18 Å². The maximum absolute atomic E-state index is 14.0. The minimum absolute atomic E-state index is 0.167. The van der Waals surface area contributed by atoms with Crippen LogP contribution in [-0.4, -0.2) is 61.6 Å². The number of piperidine rings is 1. The van der Waals surface area contributed by atoms with Gasteiger partial charge in [-0.05, 0) is 57.9 Å². The number of urea groups is 1. The molecule has 2 saturated heterocycles. The molecule has 2 atom stereocenters. The lowest BCUT2D eigenvalue weighted by Gasteiger charge is -2.39. The molecule has 6 heteroatoms. The summed E-state index contributed by atoms with van der Waals surface area (Å²) < 4.78 is 14.0. The third kappa shape index (κ3) is 4.24. The van der Waals surface area contributed by atoms with Crippen molar-refractivity contribution in [2.75, 3.05) is 43.9 Å². The molecule has 138 valence electrons. The van der Waals surface area contributed by atoms with Crippen molar-refractivity contribution in [1.82, 2.24) is 9.80 Å². The summed E-state index contributed by atoms with van der Waals surface area (Å²) in [6.45, 7) is 5.07. The van der Waals surface area contributed by atoms with Gasteiger partial charge >= 0.3 is 6.03 Å². The number of benzene rings is 1. The monoisotopic (exact) mass is 348 g/mol. The molecule has 2 heterocycles. The largest absolute Gasteiger partial charge is 0.371 e. The average Bonchev–Trinajstić information content (AvgIpc) is 3.10. The Morgan fingerprint density at radius 2 is 1.96 bits per heavy atom. The van der Waals surface area contributed by atoms with Gasteiger partial charge in [-0.25, -0.2) is 9.18 Å². The van der Waals surface area contributed by atoms with E-state index in [0.717, 1.165) is 51.0 Å². The van der Waals surface area contributed by atoms with E-state index in [1.54, 1.807) is 11.0 Å². The SMILES string of the molecule is C[C@H]1C[C@@H](N(C)C(=O)Nc2cc(F)cc(N3CCCC3)c2)CCN1C. The second-order valence-electron chi connectivity index (χ2n) is 7.44. The molecule has 2 fully saturated rings. The summed E-state index contributed by atoms with van der Waals surface area (Å²) in [4.78, 5) is 18.9. The van der Waals surface area contributed by atoms with Crippen LogP contribution in [0.25, 0.3) is 0 Å². The predicted octanol–water partition coefficient (Wildman–Crippen LogP) is 3.37. The van der Waals surface area contributed by atoms with Gasteiger partial charge in [-0.15, -0.1) is 0 Å². The normalized spacial score (nSPS) is 24.4. The number of carbonyl (C=O) groups excluding carboxylic acids is 1. The van der Waals surface area contributed by atoms with E-state index in [1.165, 1.54) is 6.07 Å². The molecule has 2 amide bonds. The number of hydrogen-bond acceptors (Lipinski definition) is 3. The Labute approximate surface area is 149 Å². The second-order valence-corrected chi connectivity index (χ2v) is 7.44. The number of carbonyl (C=O) groups is 1. The van der Waals surface area contributed by atoms with Crippen LogP contribution in [0.1, 0.15) is 32.6 Å². The molecule has 0 radical (unpaired) electrons. The van der Waals surface area contributed by atoms with Crippen molar-refractivity contribution >= 4 is 17.4 Å². The van der Waals surface area contributed by atoms with Gasteiger partial charge in [0.2, 0.25) is 0 Å². The lowest BCUT2D eigenvalue weighted by molar-refractivity contribution is 0.120. The lowest BCUT2D eigenvalue weighted by atomic mass is 9.98. The van der Waals surface area contributed by atoms with Gasteiger partial charge < -0.3 is 20.0 Å². The molecule has 2 aliphatic rings. The first-order valence-corrected chi connectivity index (χ1v) is 9.23. The molecular weight excluding hydrogens is 319 g/mol. The molecule has 0 aromatic heterocycles. The van der Waals surface area contributed by atoms with Crippen molar-refractivity contribution in [1.29, 1.82) is 0 Å². The summed E-state index contributed by atoms with van der Waals surface area (Å²) in [5.41, 5.74) is 1.38. The fourth-order valence-corrected chi connectivity index (χ4v) is 3.80. The van der Waals surface area contributed by atoms with E-state index in [2.05, 4.69) is 29.1 Å². The Kier molecular flexibility index (Phi) is 5.47. The molecule has 3 rings (SSSR count). The van der Waals surface area contributed by atoms with Crippen LogP contribution in [0.3, 0.4) is 0 Å². The van der Waals surface area contributed by atoms with Crippen LogP contribution < -0.4 is 10.2 Å². The topological polar surface area (TPSA) is 38.8 Å². The number of rotatable bonds is 3. The minimum atomic E-state index is -0.310. The fraction of sp³-hybridized carbons (Fsp3) is 0.632. The first-order chi connectivity index (χ1) is 11.9. The van der Waals surface area contributed by atoms with E-state index >= 15 is 0 Å². The summed E-state index contributed by atoms with van der Waals surface area (Å²) in [7, 11) is 3.95. The van der Waals surface area contributed by atoms with Crippen molar-refractivity contribution in [3.05, 3.63) is 24.0 Å². The zero-order valence-electron chi connectivity index (χ0n) is 15.5. The average molecular weight is 348 g/mol. The third-order valence-electron chi connectivity index (χ3n) is 5.65. The van der Waals surface area contributed by atoms with Gasteiger partial charge in [-0.1, -0.05) is 0 Å². The second kappa shape index (κ2) is 7.60. The van der Waals surface area contributed by atoms with Gasteiger partial charge in [0.15, 0.2) is 0 Å². The van der Waals surface area contributed by atoms with E-state index in [-0.39, 0.29) is 17.9 Å². The smallest absolute Gasteiger partial charge is 0.321 e. The minimum Gasteiger partial charge on any atom is -0.371 e. The third-order valence-corrected chi connectivity index (χ3v) is 5.65. The zero-order valence-corrected chi connectivity index (χ0v) is 15.5. The van der Waals surface area contributed by atoms with Crippen molar-refractivity contribution in [2.45, 2.75) is 44.7 Å². The number of hydrogen-bond donors (Lipinski definition) is 1. The van der Waals surface area contributed by atoms with E-state index in [4.69, 9.17) is 0 Å². The van der Waals surface area contributed by atoms with Crippen LogP contribution >= 0.6 is 0 Å². The summed E-state index contributed by atoms with van der Waals surface area (Å²) in [5.74, 6) is -0.310. The van der Waals surface area contributed by atoms with Crippen LogP contribution in [0.4, 0.5) is 20.6 Å². The molecule has 0 bridgehead atoms. The molecule has 1 aromatic carbocycles. The van der Waals surface area contributed by atoms with Gasteiger partial charge in [0.05, 0.1) is 0 Å². The van der Waals surface area contributed by atoms with Crippen LogP contribution in [0.5, 0.6) is 0 Å². The lowest BCUT2D eigenvalue weighted by Crippen LogP contribution is -2.49. The summed E-state index contributed by atoms with van der Waals surface area (Å²) in [6.07, 6.45) is 4.19. The molecule has 5 nitrogen and oxygen atoms in total. The fourth-order valence-electron chi connectivity index (χ4n) is 3.80. The highest BCUT2D eigenvalue weighted by atomic mass is 19.1. The van der Waals surface area contributed by atoms with Gasteiger partial charge in [0.1, 0.15) is 5.82 Å². The Morgan fingerprint density at radius 3 is 2.64 bits per heavy atom. The summed E-state index contributed by atoms with van der Waals surface area (Å²) in [6, 6.07) is 5.33. The van der Waals surface area contributed by atoms with Crippen LogP contribution in [0.15, 0.2) is 18.2 Å². The molecule has 2 aliphatic heterocycles. The quantitative estimate of drug-likeness (QED) is 0.910. The highest BCUT2D eigenvalue weighted by Gasteiger charge is 2.28. The number of likely N-dealkylation sites (tertiary alicyclic amines) is 1. The van der Waals surface area contributed by atoms with E-state index in [0.29, 0.717) is 11.7 Å². The number of nitrogens with one attached hydrogen (secondary N) is 1. The molecule has 0 aliphatic carbocycles. The standard InChI is InChI=1S/C19H29FN4O/c1-14-10-17(6-9-22(14)2)23(3)19(25)21-16-11-15(20)12-18(13-16)24-7-4-5-8-24/h11-14,17H,4-10H2,1-3H3,(H,21,25)/t14-,17-/m0/s1. The van der Waals surface area contributed by atoms with Gasteiger partial charge in [0.25, 0.3) is 0 Å². The Morgan fingerprint density at radius 1 is 1.24 bits per heavy atom. The maximum Gasteiger partial charge on any atom is 0.321 e. The van der Waals surface area contributed by atoms with Gasteiger partial charge in [-0.3, -0.25) is 0 Å². The number of amides is 2. The van der Waals surface area contributed by atoms with E-state index in [9.17, 15) is 9.18 Å². The first-order valence-electron chi connectivity index (χ1n) is 9.23. The van der Waals surface area contributed by atoms with Crippen LogP contribution in [0.2, 0.25) is 0 Å². The molecule has 25 heavy (non-hydrogen) atoms. The van der Waals surface area contributed by atoms with Crippen molar-refractivity contribution in [3.8, 4) is 0 Å². The van der Waals surface area contributed by atoms with Gasteiger partial charge in [0, 0.05) is 50.1 Å². The van der Waals surface area contributed by atoms with Crippen LogP contribution in [-0.2, 0) is 0 Å². The molecule has 1 N–H and O–H groups in total. The highest BCUT2D eigenvalue weighted by Crippen LogP contribution is 2.26. The van der Waals surface area contributed by atoms with E-state index < -0.39 is 0 Å². The van der Waals surface area contributed by atoms with E-state index in [1.807, 2.05) is 13.1 Å². The Balaban J connectivity index is 1.66. The molecule has 1 aromatic rings. The predicted molar refractivity (Wildman–Crippen MR) is 99.7 cm³/mol. The molecular formula is C19H29FN4O. The molecule has 0 unspecified atom stereocenters. The maximum atomic E-state index is 14.0. The van der Waals surface area contributed by atoms with Crippen molar-refractivity contribution in [2.24, 2.45) is 0 Å². The molecule has 0 spiro atoms. The Hall–Kier alpha value is -1.82. The number of halogens is 1. The summed E-state index contributed by atoms with van der Waals surface area (Å²) in [5, 5.41) is 2.88.